The molecule has 0 aliphatic heterocycles. The van der Waals surface area contributed by atoms with Crippen LogP contribution in [-0.4, -0.2) is 21.0 Å². The lowest BCUT2D eigenvalue weighted by atomic mass is 10.1. The van der Waals surface area contributed by atoms with Gasteiger partial charge in [-0.05, 0) is 37.1 Å². The molecule has 0 amide bonds. The number of rotatable bonds is 4. The fourth-order valence-electron chi connectivity index (χ4n) is 3.59. The molecular formula is C26H24N4O2. The molecule has 0 fully saturated rings. The van der Waals surface area contributed by atoms with Gasteiger partial charge in [-0.3, -0.25) is 4.79 Å². The minimum absolute atomic E-state index is 0.665. The molecule has 0 saturated heterocycles. The average Bonchev–Trinajstić information content (AvgIpc) is 3.39. The van der Waals surface area contributed by atoms with Crippen LogP contribution in [0, 0.1) is 13.8 Å². The Hall–Kier alpha value is -4.19. The van der Waals surface area contributed by atoms with Crippen molar-refractivity contribution in [2.24, 2.45) is 0 Å². The third-order valence-corrected chi connectivity index (χ3v) is 5.26. The van der Waals surface area contributed by atoms with Crippen LogP contribution >= 0.6 is 0 Å². The monoisotopic (exact) mass is 424 g/mol. The summed E-state index contributed by atoms with van der Waals surface area (Å²) in [5.74, 6) is 1.72. The molecule has 0 radical (unpaired) electrons. The molecule has 32 heavy (non-hydrogen) atoms. The summed E-state index contributed by atoms with van der Waals surface area (Å²) in [6.07, 6.45) is 2.56. The second-order valence-corrected chi connectivity index (χ2v) is 7.49. The first-order chi connectivity index (χ1) is 15.6. The molecule has 2 aromatic heterocycles. The van der Waals surface area contributed by atoms with Crippen LogP contribution in [0.5, 0.6) is 0 Å². The summed E-state index contributed by atoms with van der Waals surface area (Å²) in [7, 11) is 0. The van der Waals surface area contributed by atoms with Gasteiger partial charge in [0, 0.05) is 17.7 Å². The molecule has 0 atom stereocenters. The molecular weight excluding hydrogens is 400 g/mol. The van der Waals surface area contributed by atoms with Crippen LogP contribution in [0.1, 0.15) is 27.5 Å². The zero-order valence-electron chi connectivity index (χ0n) is 18.0. The van der Waals surface area contributed by atoms with Crippen LogP contribution < -0.4 is 5.73 Å². The van der Waals surface area contributed by atoms with E-state index in [4.69, 9.17) is 10.3 Å². The highest BCUT2D eigenvalue weighted by Gasteiger charge is 2.15. The number of imidazole rings is 1. The number of carbonyl (C=O) groups excluding carboxylic acids is 1. The number of nitrogens with two attached hydrogens (primary N) is 1. The number of hydrogen-bond donors (Lipinski definition) is 1. The Kier molecular flexibility index (Phi) is 6.12. The summed E-state index contributed by atoms with van der Waals surface area (Å²) in [4.78, 5) is 14.7. The number of fused-ring (bicyclic) bond motifs is 1. The summed E-state index contributed by atoms with van der Waals surface area (Å²) < 4.78 is 7.38. The maximum absolute atomic E-state index is 10.0. The number of aryl methyl sites for hydroxylation is 2. The highest BCUT2D eigenvalue weighted by atomic mass is 16.5. The molecule has 6 heteroatoms. The van der Waals surface area contributed by atoms with Gasteiger partial charge in [0.2, 0.25) is 0 Å². The van der Waals surface area contributed by atoms with Gasteiger partial charge in [-0.2, -0.15) is 0 Å². The lowest BCUT2D eigenvalue weighted by molar-refractivity contribution is 0.112. The van der Waals surface area contributed by atoms with Crippen LogP contribution in [0.2, 0.25) is 0 Å². The minimum atomic E-state index is 0.665. The van der Waals surface area contributed by atoms with Crippen LogP contribution in [0.15, 0.2) is 83.5 Å². The molecule has 6 nitrogen and oxygen atoms in total. The maximum atomic E-state index is 10.0. The number of aldehydes is 1. The van der Waals surface area contributed by atoms with Gasteiger partial charge in [0.15, 0.2) is 0 Å². The minimum Gasteiger partial charge on any atom is -0.397 e. The van der Waals surface area contributed by atoms with E-state index in [2.05, 4.69) is 32.9 Å². The maximum Gasteiger partial charge on any atom is 0.150 e. The van der Waals surface area contributed by atoms with Crippen molar-refractivity contribution in [1.82, 2.24) is 14.7 Å². The molecule has 0 unspecified atom stereocenters. The fraction of sp³-hybridized carbons (Fsp3) is 0.115. The van der Waals surface area contributed by atoms with Crippen LogP contribution in [-0.2, 0) is 6.54 Å². The standard InChI is InChI=1S/C19H18N4O.C7H6O/c1-12-16(10-21-24-12)15-8-17(20)19-18(9-15)23(13(2)22-19)11-14-6-4-3-5-7-14;8-6-7-4-2-1-3-5-7/h3-10H,11,20H2,1-2H3;1-6H. The number of carbonyl (C=O) groups is 1. The Morgan fingerprint density at radius 3 is 2.28 bits per heavy atom. The van der Waals surface area contributed by atoms with E-state index in [1.54, 1.807) is 18.3 Å². The molecule has 2 N–H and O–H groups in total. The Bertz CT molecular complexity index is 1340. The summed E-state index contributed by atoms with van der Waals surface area (Å²) in [6, 6.07) is 23.5. The second-order valence-electron chi connectivity index (χ2n) is 7.49. The summed E-state index contributed by atoms with van der Waals surface area (Å²) >= 11 is 0. The van der Waals surface area contributed by atoms with Crippen molar-refractivity contribution >= 4 is 23.0 Å². The van der Waals surface area contributed by atoms with Crippen LogP contribution in [0.3, 0.4) is 0 Å². The van der Waals surface area contributed by atoms with E-state index >= 15 is 0 Å². The van der Waals surface area contributed by atoms with E-state index in [0.29, 0.717) is 5.69 Å². The van der Waals surface area contributed by atoms with Crippen molar-refractivity contribution in [1.29, 1.82) is 0 Å². The van der Waals surface area contributed by atoms with Crippen molar-refractivity contribution in [3.63, 3.8) is 0 Å². The molecule has 0 spiro atoms. The Balaban J connectivity index is 0.000000260. The number of anilines is 1. The molecule has 0 aliphatic carbocycles. The highest BCUT2D eigenvalue weighted by Crippen LogP contribution is 2.31. The smallest absolute Gasteiger partial charge is 0.150 e. The van der Waals surface area contributed by atoms with E-state index in [1.807, 2.05) is 56.3 Å². The number of hydrogen-bond acceptors (Lipinski definition) is 5. The SMILES string of the molecule is Cc1oncc1-c1cc(N)c2nc(C)n(Cc3ccccc3)c2c1.O=Cc1ccccc1. The van der Waals surface area contributed by atoms with E-state index < -0.39 is 0 Å². The number of nitrogen functional groups attached to an aromatic ring is 1. The van der Waals surface area contributed by atoms with Gasteiger partial charge in [-0.15, -0.1) is 0 Å². The van der Waals surface area contributed by atoms with Crippen LogP contribution in [0.25, 0.3) is 22.2 Å². The second kappa shape index (κ2) is 9.31. The molecule has 0 aliphatic rings. The van der Waals surface area contributed by atoms with Crippen molar-refractivity contribution in [3.8, 4) is 11.1 Å². The fourth-order valence-corrected chi connectivity index (χ4v) is 3.59. The molecule has 5 aromatic rings. The molecule has 160 valence electrons. The summed E-state index contributed by atoms with van der Waals surface area (Å²) in [6.45, 7) is 4.66. The van der Waals surface area contributed by atoms with E-state index in [1.165, 1.54) is 5.56 Å². The number of nitrogens with zero attached hydrogens (tertiary/aromatic N) is 3. The normalized spacial score (nSPS) is 10.6. The predicted octanol–water partition coefficient (Wildman–Crippen LogP) is 5.44. The van der Waals surface area contributed by atoms with Gasteiger partial charge in [-0.25, -0.2) is 4.98 Å². The van der Waals surface area contributed by atoms with Gasteiger partial charge in [-0.1, -0.05) is 65.8 Å². The first-order valence-electron chi connectivity index (χ1n) is 10.3. The third kappa shape index (κ3) is 4.44. The largest absolute Gasteiger partial charge is 0.397 e. The highest BCUT2D eigenvalue weighted by molar-refractivity contribution is 5.92. The molecule has 2 heterocycles. The van der Waals surface area contributed by atoms with Crippen molar-refractivity contribution in [2.45, 2.75) is 20.4 Å². The lowest BCUT2D eigenvalue weighted by Gasteiger charge is -2.09. The lowest BCUT2D eigenvalue weighted by Crippen LogP contribution is -2.02. The molecule has 0 bridgehead atoms. The first kappa shape index (κ1) is 21.1. The van der Waals surface area contributed by atoms with Gasteiger partial charge in [0.05, 0.1) is 17.4 Å². The van der Waals surface area contributed by atoms with E-state index in [9.17, 15) is 4.79 Å². The van der Waals surface area contributed by atoms with Gasteiger partial charge in [0.25, 0.3) is 0 Å². The number of benzene rings is 3. The molecule has 5 rings (SSSR count). The Morgan fingerprint density at radius 1 is 1.00 bits per heavy atom. The van der Waals surface area contributed by atoms with Crippen LogP contribution in [0.4, 0.5) is 5.69 Å². The van der Waals surface area contributed by atoms with Crippen molar-refractivity contribution in [3.05, 3.63) is 102 Å². The Morgan fingerprint density at radius 2 is 1.69 bits per heavy atom. The van der Waals surface area contributed by atoms with Gasteiger partial charge >= 0.3 is 0 Å². The van der Waals surface area contributed by atoms with Crippen molar-refractivity contribution in [2.75, 3.05) is 5.73 Å². The zero-order chi connectivity index (χ0) is 22.5. The van der Waals surface area contributed by atoms with Gasteiger partial charge in [0.1, 0.15) is 23.4 Å². The Labute approximate surface area is 186 Å². The predicted molar refractivity (Wildman–Crippen MR) is 126 cm³/mol. The number of aromatic nitrogens is 3. The van der Waals surface area contributed by atoms with Crippen molar-refractivity contribution < 1.29 is 9.32 Å². The molecule has 3 aromatic carbocycles. The average molecular weight is 425 g/mol. The topological polar surface area (TPSA) is 86.9 Å². The van der Waals surface area contributed by atoms with Gasteiger partial charge < -0.3 is 14.8 Å². The summed E-state index contributed by atoms with van der Waals surface area (Å²) in [5.41, 5.74) is 12.7. The summed E-state index contributed by atoms with van der Waals surface area (Å²) in [5, 5.41) is 3.86. The quantitative estimate of drug-likeness (QED) is 0.307. The third-order valence-electron chi connectivity index (χ3n) is 5.26. The first-order valence-corrected chi connectivity index (χ1v) is 10.3. The van der Waals surface area contributed by atoms with E-state index in [0.717, 1.165) is 52.1 Å². The zero-order valence-corrected chi connectivity index (χ0v) is 18.0. The van der Waals surface area contributed by atoms with E-state index in [-0.39, 0.29) is 0 Å². The molecule has 0 saturated carbocycles.